The van der Waals surface area contributed by atoms with E-state index in [1.807, 2.05) is 50.2 Å². The highest BCUT2D eigenvalue weighted by atomic mass is 35.5. The van der Waals surface area contributed by atoms with Crippen LogP contribution in [0.1, 0.15) is 21.7 Å². The summed E-state index contributed by atoms with van der Waals surface area (Å²) in [6.45, 7) is 3.92. The molecule has 21 heavy (non-hydrogen) atoms. The molecule has 3 nitrogen and oxygen atoms in total. The number of alkyl halides is 1. The van der Waals surface area contributed by atoms with Gasteiger partial charge < -0.3 is 4.57 Å². The molecule has 0 saturated carbocycles. The van der Waals surface area contributed by atoms with Crippen LogP contribution in [0.2, 0.25) is 0 Å². The Morgan fingerprint density at radius 3 is 2.76 bits per heavy atom. The Morgan fingerprint density at radius 1 is 1.24 bits per heavy atom. The van der Waals surface area contributed by atoms with Crippen molar-refractivity contribution in [3.63, 3.8) is 0 Å². The number of carbonyl (C=O) groups excluding carboxylic acids is 1. The Balaban J connectivity index is 2.29. The Morgan fingerprint density at radius 2 is 2.00 bits per heavy atom. The van der Waals surface area contributed by atoms with E-state index in [0.717, 1.165) is 28.0 Å². The summed E-state index contributed by atoms with van der Waals surface area (Å²) in [7, 11) is 0. The summed E-state index contributed by atoms with van der Waals surface area (Å²) in [5.41, 5.74) is 4.48. The van der Waals surface area contributed by atoms with Gasteiger partial charge in [0.2, 0.25) is 0 Å². The number of ketones is 1. The zero-order valence-corrected chi connectivity index (χ0v) is 12.7. The SMILES string of the molecule is Cc1cc(C(=O)CCl)c(C)n1-c1cccc2cccnc12. The van der Waals surface area contributed by atoms with Crippen LogP contribution in [0.25, 0.3) is 16.6 Å². The minimum absolute atomic E-state index is 0.00190. The van der Waals surface area contributed by atoms with Gasteiger partial charge in [-0.15, -0.1) is 11.6 Å². The molecule has 4 heteroatoms. The van der Waals surface area contributed by atoms with Crippen molar-refractivity contribution in [1.29, 1.82) is 0 Å². The second kappa shape index (κ2) is 5.34. The van der Waals surface area contributed by atoms with Crippen LogP contribution < -0.4 is 0 Å². The van der Waals surface area contributed by atoms with Crippen LogP contribution >= 0.6 is 11.6 Å². The van der Waals surface area contributed by atoms with Crippen LogP contribution in [0.3, 0.4) is 0 Å². The molecule has 106 valence electrons. The Hall–Kier alpha value is -2.13. The molecule has 2 heterocycles. The monoisotopic (exact) mass is 298 g/mol. The third-order valence-corrected chi connectivity index (χ3v) is 3.95. The average Bonchev–Trinajstić information content (AvgIpc) is 2.81. The third kappa shape index (κ3) is 2.24. The molecule has 2 aromatic heterocycles. The molecule has 0 N–H and O–H groups in total. The number of aromatic nitrogens is 2. The first-order valence-electron chi connectivity index (χ1n) is 6.75. The standard InChI is InChI=1S/C17H15ClN2O/c1-11-9-14(16(21)10-18)12(2)20(11)15-7-3-5-13-6-4-8-19-17(13)15/h3-9H,10H2,1-2H3. The van der Waals surface area contributed by atoms with E-state index >= 15 is 0 Å². The van der Waals surface area contributed by atoms with E-state index in [4.69, 9.17) is 11.6 Å². The lowest BCUT2D eigenvalue weighted by molar-refractivity contribution is 0.102. The van der Waals surface area contributed by atoms with E-state index < -0.39 is 0 Å². The number of aryl methyl sites for hydroxylation is 1. The Kier molecular flexibility index (Phi) is 3.52. The van der Waals surface area contributed by atoms with Crippen LogP contribution in [-0.2, 0) is 0 Å². The first-order chi connectivity index (χ1) is 10.1. The summed E-state index contributed by atoms with van der Waals surface area (Å²) < 4.78 is 2.06. The Bertz CT molecular complexity index is 831. The molecule has 0 fully saturated rings. The number of para-hydroxylation sites is 1. The van der Waals surface area contributed by atoms with Gasteiger partial charge in [-0.1, -0.05) is 18.2 Å². The minimum Gasteiger partial charge on any atom is -0.316 e. The fourth-order valence-electron chi connectivity index (χ4n) is 2.76. The number of fused-ring (bicyclic) bond motifs is 1. The summed E-state index contributed by atoms with van der Waals surface area (Å²) in [6, 6.07) is 11.9. The maximum atomic E-state index is 11.9. The van der Waals surface area contributed by atoms with Crippen LogP contribution in [0.5, 0.6) is 0 Å². The van der Waals surface area contributed by atoms with Crippen molar-refractivity contribution in [2.24, 2.45) is 0 Å². The van der Waals surface area contributed by atoms with Crippen molar-refractivity contribution in [3.8, 4) is 5.69 Å². The van der Waals surface area contributed by atoms with E-state index in [1.54, 1.807) is 6.20 Å². The zero-order valence-electron chi connectivity index (χ0n) is 11.9. The molecule has 1 aromatic carbocycles. The molecule has 0 aliphatic heterocycles. The fourth-order valence-corrected chi connectivity index (χ4v) is 2.90. The van der Waals surface area contributed by atoms with Gasteiger partial charge in [-0.3, -0.25) is 9.78 Å². The lowest BCUT2D eigenvalue weighted by Crippen LogP contribution is -2.05. The topological polar surface area (TPSA) is 34.9 Å². The van der Waals surface area contributed by atoms with Crippen LogP contribution in [0.4, 0.5) is 0 Å². The maximum Gasteiger partial charge on any atom is 0.179 e. The Labute approximate surface area is 128 Å². The quantitative estimate of drug-likeness (QED) is 0.540. The lowest BCUT2D eigenvalue weighted by Gasteiger charge is -2.12. The van der Waals surface area contributed by atoms with E-state index in [0.29, 0.717) is 5.56 Å². The summed E-state index contributed by atoms with van der Waals surface area (Å²) >= 11 is 5.69. The van der Waals surface area contributed by atoms with E-state index in [-0.39, 0.29) is 11.7 Å². The van der Waals surface area contributed by atoms with Gasteiger partial charge in [-0.2, -0.15) is 0 Å². The van der Waals surface area contributed by atoms with Crippen molar-refractivity contribution in [2.75, 3.05) is 5.88 Å². The van der Waals surface area contributed by atoms with E-state index in [2.05, 4.69) is 9.55 Å². The van der Waals surface area contributed by atoms with E-state index in [1.165, 1.54) is 0 Å². The summed E-state index contributed by atoms with van der Waals surface area (Å²) in [5.74, 6) is -0.0536. The molecule has 0 bridgehead atoms. The van der Waals surface area contributed by atoms with Gasteiger partial charge in [0, 0.05) is 28.5 Å². The van der Waals surface area contributed by atoms with Gasteiger partial charge in [0.05, 0.1) is 17.1 Å². The highest BCUT2D eigenvalue weighted by Gasteiger charge is 2.17. The second-order valence-electron chi connectivity index (χ2n) is 5.03. The molecule has 0 radical (unpaired) electrons. The number of pyridine rings is 1. The number of carbonyl (C=O) groups is 1. The van der Waals surface area contributed by atoms with Crippen molar-refractivity contribution < 1.29 is 4.79 Å². The number of nitrogens with zero attached hydrogens (tertiary/aromatic N) is 2. The molecule has 0 unspecified atom stereocenters. The minimum atomic E-state index is -0.0517. The van der Waals surface area contributed by atoms with Gasteiger partial charge in [0.1, 0.15) is 0 Å². The number of hydrogen-bond acceptors (Lipinski definition) is 2. The van der Waals surface area contributed by atoms with Gasteiger partial charge in [-0.05, 0) is 32.0 Å². The van der Waals surface area contributed by atoms with Crippen LogP contribution in [-0.4, -0.2) is 21.2 Å². The number of Topliss-reactive ketones (excluding diaryl/α,β-unsaturated/α-hetero) is 1. The van der Waals surface area contributed by atoms with Crippen molar-refractivity contribution in [3.05, 3.63) is 59.5 Å². The molecule has 3 rings (SSSR count). The molecule has 3 aromatic rings. The maximum absolute atomic E-state index is 11.9. The second-order valence-corrected chi connectivity index (χ2v) is 5.30. The smallest absolute Gasteiger partial charge is 0.179 e. The molecular formula is C17H15ClN2O. The molecule has 0 spiro atoms. The van der Waals surface area contributed by atoms with E-state index in [9.17, 15) is 4.79 Å². The predicted octanol–water partition coefficient (Wildman–Crippen LogP) is 4.06. The molecule has 0 aliphatic rings. The number of rotatable bonds is 3. The fraction of sp³-hybridized carbons (Fsp3) is 0.176. The van der Waals surface area contributed by atoms with Crippen molar-refractivity contribution in [2.45, 2.75) is 13.8 Å². The third-order valence-electron chi connectivity index (χ3n) is 3.71. The van der Waals surface area contributed by atoms with Gasteiger partial charge in [0.25, 0.3) is 0 Å². The largest absolute Gasteiger partial charge is 0.316 e. The average molecular weight is 299 g/mol. The molecular weight excluding hydrogens is 284 g/mol. The molecule has 0 saturated heterocycles. The number of hydrogen-bond donors (Lipinski definition) is 0. The summed E-state index contributed by atoms with van der Waals surface area (Å²) in [5, 5.41) is 1.08. The highest BCUT2D eigenvalue weighted by molar-refractivity contribution is 6.30. The van der Waals surface area contributed by atoms with Gasteiger partial charge in [0.15, 0.2) is 5.78 Å². The summed E-state index contributed by atoms with van der Waals surface area (Å²) in [6.07, 6.45) is 1.78. The predicted molar refractivity (Wildman–Crippen MR) is 85.6 cm³/mol. The van der Waals surface area contributed by atoms with Crippen molar-refractivity contribution >= 4 is 28.3 Å². The lowest BCUT2D eigenvalue weighted by atomic mass is 10.1. The van der Waals surface area contributed by atoms with Crippen LogP contribution in [0.15, 0.2) is 42.6 Å². The van der Waals surface area contributed by atoms with Gasteiger partial charge in [-0.25, -0.2) is 0 Å². The highest BCUT2D eigenvalue weighted by Crippen LogP contribution is 2.26. The van der Waals surface area contributed by atoms with Crippen LogP contribution in [0, 0.1) is 13.8 Å². The zero-order chi connectivity index (χ0) is 15.0. The number of halogens is 1. The normalized spacial score (nSPS) is 11.0. The first-order valence-corrected chi connectivity index (χ1v) is 7.29. The summed E-state index contributed by atoms with van der Waals surface area (Å²) in [4.78, 5) is 16.4. The molecule has 0 aliphatic carbocycles. The molecule has 0 atom stereocenters. The first kappa shape index (κ1) is 13.8. The number of benzene rings is 1. The van der Waals surface area contributed by atoms with Gasteiger partial charge >= 0.3 is 0 Å². The molecule has 0 amide bonds. The van der Waals surface area contributed by atoms with Crippen molar-refractivity contribution in [1.82, 2.24) is 9.55 Å².